The van der Waals surface area contributed by atoms with Crippen molar-refractivity contribution in [3.8, 4) is 0 Å². The number of benzene rings is 2. The van der Waals surface area contributed by atoms with Crippen LogP contribution >= 0.6 is 23.2 Å². The molecule has 0 saturated carbocycles. The van der Waals surface area contributed by atoms with Gasteiger partial charge in [0.25, 0.3) is 0 Å². The fraction of sp³-hybridized carbons (Fsp3) is 0.333. The zero-order chi connectivity index (χ0) is 19.7. The van der Waals surface area contributed by atoms with Crippen LogP contribution in [0, 0.1) is 0 Å². The van der Waals surface area contributed by atoms with Crippen molar-refractivity contribution in [3.63, 3.8) is 0 Å². The first-order valence-corrected chi connectivity index (χ1v) is 10.1. The van der Waals surface area contributed by atoms with Crippen LogP contribution in [-0.4, -0.2) is 52.9 Å². The van der Waals surface area contributed by atoms with Gasteiger partial charge in [-0.05, 0) is 35.4 Å². The molecule has 28 heavy (non-hydrogen) atoms. The summed E-state index contributed by atoms with van der Waals surface area (Å²) in [5.74, 6) is -0.184. The summed E-state index contributed by atoms with van der Waals surface area (Å²) < 4.78 is 0. The predicted molar refractivity (Wildman–Crippen MR) is 109 cm³/mol. The molecular weight excluding hydrogens is 397 g/mol. The molecule has 0 radical (unpaired) electrons. The van der Waals surface area contributed by atoms with Crippen molar-refractivity contribution >= 4 is 35.0 Å². The van der Waals surface area contributed by atoms with Crippen molar-refractivity contribution in [1.29, 1.82) is 0 Å². The van der Waals surface area contributed by atoms with Gasteiger partial charge >= 0.3 is 0 Å². The fourth-order valence-electron chi connectivity index (χ4n) is 3.95. The van der Waals surface area contributed by atoms with Crippen molar-refractivity contribution < 1.29 is 9.59 Å². The number of hydrazine groups is 1. The van der Waals surface area contributed by atoms with Crippen LogP contribution in [-0.2, 0) is 9.59 Å². The molecule has 0 N–H and O–H groups in total. The molecule has 4 rings (SSSR count). The molecule has 7 heteroatoms. The largest absolute Gasteiger partial charge is 0.290 e. The third kappa shape index (κ3) is 3.94. The Morgan fingerprint density at radius 2 is 1.11 bits per heavy atom. The highest BCUT2D eigenvalue weighted by Gasteiger charge is 2.36. The third-order valence-electron chi connectivity index (χ3n) is 5.34. The molecule has 0 spiro atoms. The molecule has 2 amide bonds. The van der Waals surface area contributed by atoms with Crippen LogP contribution in [0.1, 0.15) is 30.0 Å². The van der Waals surface area contributed by atoms with Crippen LogP contribution in [0.4, 0.5) is 0 Å². The van der Waals surface area contributed by atoms with E-state index >= 15 is 0 Å². The Balaban J connectivity index is 1.56. The van der Waals surface area contributed by atoms with Gasteiger partial charge in [-0.25, -0.2) is 10.0 Å². The zero-order valence-corrected chi connectivity index (χ0v) is 16.9. The summed E-state index contributed by atoms with van der Waals surface area (Å²) in [4.78, 5) is 26.4. The number of carbonyl (C=O) groups is 2. The Morgan fingerprint density at radius 1 is 0.679 bits per heavy atom. The summed E-state index contributed by atoms with van der Waals surface area (Å²) in [6.07, 6.45) is 0.633. The van der Waals surface area contributed by atoms with Crippen molar-refractivity contribution in [2.24, 2.45) is 0 Å². The third-order valence-corrected chi connectivity index (χ3v) is 5.84. The van der Waals surface area contributed by atoms with Crippen LogP contribution < -0.4 is 0 Å². The normalized spacial score (nSPS) is 19.0. The van der Waals surface area contributed by atoms with Crippen LogP contribution in [0.5, 0.6) is 0 Å². The molecule has 2 aromatic rings. The van der Waals surface area contributed by atoms with Gasteiger partial charge in [0.2, 0.25) is 11.8 Å². The number of imide groups is 1. The molecule has 2 heterocycles. The zero-order valence-electron chi connectivity index (χ0n) is 15.4. The molecule has 0 bridgehead atoms. The van der Waals surface area contributed by atoms with E-state index in [2.05, 4.69) is 4.90 Å². The molecule has 0 unspecified atom stereocenters. The van der Waals surface area contributed by atoms with Gasteiger partial charge in [0, 0.05) is 49.1 Å². The van der Waals surface area contributed by atoms with E-state index in [4.69, 9.17) is 23.2 Å². The van der Waals surface area contributed by atoms with E-state index in [-0.39, 0.29) is 17.9 Å². The minimum absolute atomic E-state index is 0.0571. The molecule has 5 nitrogen and oxygen atoms in total. The van der Waals surface area contributed by atoms with Crippen molar-refractivity contribution in [1.82, 2.24) is 14.9 Å². The summed E-state index contributed by atoms with van der Waals surface area (Å²) >= 11 is 12.2. The molecule has 2 fully saturated rings. The topological polar surface area (TPSA) is 43.9 Å². The molecular formula is C21H21Cl2N3O2. The van der Waals surface area contributed by atoms with Gasteiger partial charge < -0.3 is 0 Å². The van der Waals surface area contributed by atoms with E-state index < -0.39 is 0 Å². The number of piperazine rings is 1. The highest BCUT2D eigenvalue weighted by atomic mass is 35.5. The van der Waals surface area contributed by atoms with Crippen molar-refractivity contribution in [2.45, 2.75) is 18.9 Å². The van der Waals surface area contributed by atoms with Crippen LogP contribution in [0.3, 0.4) is 0 Å². The highest BCUT2D eigenvalue weighted by Crippen LogP contribution is 2.31. The Morgan fingerprint density at radius 3 is 1.54 bits per heavy atom. The van der Waals surface area contributed by atoms with Gasteiger partial charge in [-0.15, -0.1) is 0 Å². The first-order valence-electron chi connectivity index (χ1n) is 9.38. The standard InChI is InChI=1S/C21H21Cl2N3O2/c22-17-5-1-15(2-6-17)21(16-3-7-18(23)8-4-16)24-11-13-25(14-12-24)26-19(27)9-10-20(26)28/h1-8,21H,9-14H2. The first-order chi connectivity index (χ1) is 13.5. The summed E-state index contributed by atoms with van der Waals surface area (Å²) in [6, 6.07) is 15.8. The average molecular weight is 418 g/mol. The lowest BCUT2D eigenvalue weighted by atomic mass is 9.96. The molecule has 2 aliphatic heterocycles. The molecule has 0 aromatic heterocycles. The van der Waals surface area contributed by atoms with E-state index in [0.29, 0.717) is 36.0 Å². The van der Waals surface area contributed by atoms with Gasteiger partial charge in [0.05, 0.1) is 6.04 Å². The summed E-state index contributed by atoms with van der Waals surface area (Å²) in [7, 11) is 0. The lowest BCUT2D eigenvalue weighted by Crippen LogP contribution is -2.55. The number of halogens is 2. The predicted octanol–water partition coefficient (Wildman–Crippen LogP) is 3.76. The van der Waals surface area contributed by atoms with E-state index in [1.54, 1.807) is 0 Å². The Labute approximate surface area is 174 Å². The van der Waals surface area contributed by atoms with Gasteiger partial charge in [0.15, 0.2) is 0 Å². The summed E-state index contributed by atoms with van der Waals surface area (Å²) in [5, 5.41) is 4.63. The maximum absolute atomic E-state index is 12.0. The van der Waals surface area contributed by atoms with Gasteiger partial charge in [-0.1, -0.05) is 47.5 Å². The minimum atomic E-state index is -0.0922. The monoisotopic (exact) mass is 417 g/mol. The summed E-state index contributed by atoms with van der Waals surface area (Å²) in [5.41, 5.74) is 2.29. The SMILES string of the molecule is O=C1CCC(=O)N1N1CCN(C(c2ccc(Cl)cc2)c2ccc(Cl)cc2)CC1. The van der Waals surface area contributed by atoms with Crippen LogP contribution in [0.15, 0.2) is 48.5 Å². The molecule has 2 saturated heterocycles. The highest BCUT2D eigenvalue weighted by molar-refractivity contribution is 6.30. The van der Waals surface area contributed by atoms with Gasteiger partial charge in [-0.2, -0.15) is 0 Å². The van der Waals surface area contributed by atoms with Crippen LogP contribution in [0.25, 0.3) is 0 Å². The molecule has 2 aromatic carbocycles. The second kappa shape index (κ2) is 8.21. The van der Waals surface area contributed by atoms with E-state index in [1.807, 2.05) is 53.5 Å². The second-order valence-corrected chi connectivity index (χ2v) is 7.97. The number of carbonyl (C=O) groups excluding carboxylic acids is 2. The smallest absolute Gasteiger partial charge is 0.244 e. The Hall–Kier alpha value is -1.92. The Bertz CT molecular complexity index is 801. The van der Waals surface area contributed by atoms with Gasteiger partial charge in [-0.3, -0.25) is 14.5 Å². The maximum Gasteiger partial charge on any atom is 0.244 e. The number of rotatable bonds is 4. The van der Waals surface area contributed by atoms with Crippen molar-refractivity contribution in [3.05, 3.63) is 69.7 Å². The number of hydrogen-bond acceptors (Lipinski definition) is 4. The molecule has 2 aliphatic rings. The lowest BCUT2D eigenvalue weighted by Gasteiger charge is -2.41. The lowest BCUT2D eigenvalue weighted by molar-refractivity contribution is -0.160. The number of hydrogen-bond donors (Lipinski definition) is 0. The van der Waals surface area contributed by atoms with Crippen molar-refractivity contribution in [2.75, 3.05) is 26.2 Å². The molecule has 0 aliphatic carbocycles. The average Bonchev–Trinajstić information content (AvgIpc) is 3.04. The van der Waals surface area contributed by atoms with Crippen LogP contribution in [0.2, 0.25) is 10.0 Å². The molecule has 0 atom stereocenters. The number of nitrogens with zero attached hydrogens (tertiary/aromatic N) is 3. The molecule has 146 valence electrons. The van der Waals surface area contributed by atoms with E-state index in [9.17, 15) is 9.59 Å². The Kier molecular flexibility index (Phi) is 5.69. The fourth-order valence-corrected chi connectivity index (χ4v) is 4.21. The maximum atomic E-state index is 12.0. The minimum Gasteiger partial charge on any atom is -0.290 e. The van der Waals surface area contributed by atoms with Gasteiger partial charge in [0.1, 0.15) is 0 Å². The quantitative estimate of drug-likeness (QED) is 0.710. The summed E-state index contributed by atoms with van der Waals surface area (Å²) in [6.45, 7) is 2.75. The second-order valence-electron chi connectivity index (χ2n) is 7.09. The van der Waals surface area contributed by atoms with E-state index in [0.717, 1.165) is 24.2 Å². The van der Waals surface area contributed by atoms with E-state index in [1.165, 1.54) is 5.01 Å². The first kappa shape index (κ1) is 19.4. The number of amides is 2.